The van der Waals surface area contributed by atoms with Crippen LogP contribution in [0.5, 0.6) is 11.8 Å². The number of hydrogen-bond donors (Lipinski definition) is 4. The molecule has 1 aromatic heterocycles. The third-order valence-electron chi connectivity index (χ3n) is 3.80. The van der Waals surface area contributed by atoms with Gasteiger partial charge in [0.15, 0.2) is 5.75 Å². The van der Waals surface area contributed by atoms with Crippen molar-refractivity contribution >= 4 is 40.6 Å². The van der Waals surface area contributed by atoms with Crippen LogP contribution in [0.2, 0.25) is 5.02 Å². The van der Waals surface area contributed by atoms with Crippen LogP contribution in [-0.4, -0.2) is 32.3 Å². The summed E-state index contributed by atoms with van der Waals surface area (Å²) in [5, 5.41) is 44.6. The van der Waals surface area contributed by atoms with Crippen LogP contribution in [0.15, 0.2) is 54.9 Å². The van der Waals surface area contributed by atoms with Gasteiger partial charge in [-0.25, -0.2) is 14.8 Å². The highest BCUT2D eigenvalue weighted by Crippen LogP contribution is 2.33. The average molecular weight is 461 g/mol. The van der Waals surface area contributed by atoms with Gasteiger partial charge in [-0.15, -0.1) is 5.23 Å². The molecule has 0 aliphatic rings. The summed E-state index contributed by atoms with van der Waals surface area (Å²) in [6.07, 6.45) is 2.50. The Hall–Kier alpha value is -4.01. The number of urea groups is 1. The van der Waals surface area contributed by atoms with Crippen LogP contribution in [0.3, 0.4) is 0 Å². The van der Waals surface area contributed by atoms with Gasteiger partial charge in [-0.1, -0.05) is 23.7 Å². The lowest BCUT2D eigenvalue weighted by molar-refractivity contribution is 0.0285. The molecule has 0 spiro atoms. The highest BCUT2D eigenvalue weighted by Gasteiger charge is 2.17. The lowest BCUT2D eigenvalue weighted by Gasteiger charge is -2.38. The Morgan fingerprint density at radius 2 is 1.72 bits per heavy atom. The van der Waals surface area contributed by atoms with Gasteiger partial charge < -0.3 is 25.7 Å². The first-order chi connectivity index (χ1) is 15.2. The molecule has 4 N–H and O–H groups in total. The van der Waals surface area contributed by atoms with Crippen molar-refractivity contribution in [2.24, 2.45) is 0 Å². The summed E-state index contributed by atoms with van der Waals surface area (Å²) in [7, 11) is 0. The fraction of sp³-hybridized carbons (Fsp3) is 0. The topological polar surface area (TPSA) is 186 Å². The maximum absolute atomic E-state index is 12.3. The molecule has 2 aromatic carbocycles. The summed E-state index contributed by atoms with van der Waals surface area (Å²) >= 11 is 5.68. The summed E-state index contributed by atoms with van der Waals surface area (Å²) in [6.45, 7) is 0. The van der Waals surface area contributed by atoms with Crippen molar-refractivity contribution in [2.75, 3.05) is 15.8 Å². The minimum atomic E-state index is -1.02. The van der Waals surface area contributed by atoms with Gasteiger partial charge in [-0.05, 0) is 30.3 Å². The van der Waals surface area contributed by atoms with E-state index in [1.54, 1.807) is 0 Å². The lowest BCUT2D eigenvalue weighted by atomic mass is 10.1. The summed E-state index contributed by atoms with van der Waals surface area (Å²) in [5.74, 6) is -1.14. The number of imide groups is 1. The van der Waals surface area contributed by atoms with E-state index in [0.29, 0.717) is 0 Å². The first kappa shape index (κ1) is 22.7. The predicted molar refractivity (Wildman–Crippen MR) is 112 cm³/mol. The minimum Gasteiger partial charge on any atom is -0.769 e. The average Bonchev–Trinajstić information content (AvgIpc) is 2.76. The molecule has 0 saturated heterocycles. The number of amides is 3. The van der Waals surface area contributed by atoms with Crippen LogP contribution in [0.1, 0.15) is 10.4 Å². The van der Waals surface area contributed by atoms with E-state index in [4.69, 9.17) is 26.8 Å². The van der Waals surface area contributed by atoms with E-state index in [1.807, 2.05) is 5.32 Å². The normalized spacial score (nSPS) is 10.3. The summed E-state index contributed by atoms with van der Waals surface area (Å²) < 4.78 is 5.29. The van der Waals surface area contributed by atoms with E-state index in [9.17, 15) is 20.0 Å². The number of carbonyl (C=O) groups excluding carboxylic acids is 2. The molecule has 13 nitrogen and oxygen atoms in total. The van der Waals surface area contributed by atoms with Crippen molar-refractivity contribution in [1.82, 2.24) is 15.3 Å². The van der Waals surface area contributed by atoms with E-state index in [-0.39, 0.29) is 38.9 Å². The highest BCUT2D eigenvalue weighted by atomic mass is 35.5. The molecule has 0 bridgehead atoms. The Morgan fingerprint density at radius 3 is 2.38 bits per heavy atom. The maximum atomic E-state index is 12.3. The molecule has 3 amide bonds. The fourth-order valence-corrected chi connectivity index (χ4v) is 2.55. The van der Waals surface area contributed by atoms with Gasteiger partial charge in [0.1, 0.15) is 5.69 Å². The molecule has 0 unspecified atom stereocenters. The van der Waals surface area contributed by atoms with Crippen molar-refractivity contribution < 1.29 is 24.7 Å². The van der Waals surface area contributed by atoms with Crippen molar-refractivity contribution in [3.8, 4) is 11.8 Å². The van der Waals surface area contributed by atoms with Crippen LogP contribution >= 0.6 is 11.6 Å². The molecular formula is C18H13ClN6O7-2. The number of rotatable bonds is 6. The molecular weight excluding hydrogens is 448 g/mol. The van der Waals surface area contributed by atoms with E-state index >= 15 is 0 Å². The molecule has 0 saturated carbocycles. The van der Waals surface area contributed by atoms with E-state index in [2.05, 4.69) is 15.3 Å². The second-order valence-electron chi connectivity index (χ2n) is 5.94. The number of para-hydroxylation sites is 1. The molecule has 0 radical (unpaired) electrons. The van der Waals surface area contributed by atoms with Gasteiger partial charge >= 0.3 is 12.0 Å². The van der Waals surface area contributed by atoms with Gasteiger partial charge in [0.2, 0.25) is 0 Å². The Balaban J connectivity index is 1.73. The molecule has 0 aliphatic heterocycles. The summed E-state index contributed by atoms with van der Waals surface area (Å²) in [5.41, 5.74) is -0.996. The van der Waals surface area contributed by atoms with Gasteiger partial charge in [0, 0.05) is 5.69 Å². The van der Waals surface area contributed by atoms with E-state index in [1.165, 1.54) is 48.8 Å². The largest absolute Gasteiger partial charge is 0.769 e. The number of ether oxygens (including phenoxy) is 1. The number of anilines is 3. The number of nitrogens with one attached hydrogen (secondary N) is 2. The standard InChI is InChI=1S/C18H13ClN6O7/c19-10-8-20-18(21-9-10)32-15-6-5-11(7-14(15)25(30)31)22-17(27)23-16(26)12-3-1-2-4-13(12)24(28)29/h1-9,28-29H,(H2,22,23,26,27)/q-2. The monoisotopic (exact) mass is 460 g/mol. The van der Waals surface area contributed by atoms with Crippen LogP contribution in [0.4, 0.5) is 21.9 Å². The van der Waals surface area contributed by atoms with Gasteiger partial charge in [0.25, 0.3) is 5.91 Å². The van der Waals surface area contributed by atoms with Crippen molar-refractivity contribution in [1.29, 1.82) is 0 Å². The Bertz CT molecular complexity index is 1130. The molecule has 1 heterocycles. The first-order valence-corrected chi connectivity index (χ1v) is 8.95. The van der Waals surface area contributed by atoms with Crippen LogP contribution in [-0.2, 0) is 0 Å². The van der Waals surface area contributed by atoms with Crippen molar-refractivity contribution in [3.05, 3.63) is 75.9 Å². The maximum Gasteiger partial charge on any atom is 0.326 e. The molecule has 0 atom stereocenters. The highest BCUT2D eigenvalue weighted by molar-refractivity contribution is 6.30. The van der Waals surface area contributed by atoms with E-state index in [0.717, 1.165) is 6.07 Å². The zero-order chi connectivity index (χ0) is 23.3. The van der Waals surface area contributed by atoms with Crippen LogP contribution in [0.25, 0.3) is 0 Å². The Morgan fingerprint density at radius 1 is 1.03 bits per heavy atom. The molecule has 32 heavy (non-hydrogen) atoms. The van der Waals surface area contributed by atoms with Crippen LogP contribution in [0, 0.1) is 10.4 Å². The number of aromatic nitrogens is 2. The number of benzene rings is 2. The number of halogens is 1. The smallest absolute Gasteiger partial charge is 0.326 e. The van der Waals surface area contributed by atoms with Gasteiger partial charge in [-0.2, -0.15) is 0 Å². The minimum absolute atomic E-state index is 0.0226. The van der Waals surface area contributed by atoms with Crippen LogP contribution < -0.4 is 25.8 Å². The number of carbonyl (C=O) groups is 2. The SMILES string of the molecule is O=C(NC(=O)c1ccccc1N(O)O)Nc1ccc(Oc2ncc(Cl)cn2)c(N([O-])[O-])c1. The summed E-state index contributed by atoms with van der Waals surface area (Å²) in [6, 6.07) is 7.70. The fourth-order valence-electron chi connectivity index (χ4n) is 2.45. The first-order valence-electron chi connectivity index (χ1n) is 8.57. The lowest BCUT2D eigenvalue weighted by Crippen LogP contribution is -2.35. The molecule has 0 fully saturated rings. The third-order valence-corrected chi connectivity index (χ3v) is 4.00. The Labute approximate surface area is 184 Å². The molecule has 3 rings (SSSR count). The second-order valence-corrected chi connectivity index (χ2v) is 6.38. The number of hydrogen-bond acceptors (Lipinski definition) is 11. The predicted octanol–water partition coefficient (Wildman–Crippen LogP) is 3.27. The van der Waals surface area contributed by atoms with Crippen molar-refractivity contribution in [3.63, 3.8) is 0 Å². The summed E-state index contributed by atoms with van der Waals surface area (Å²) in [4.78, 5) is 32.0. The third kappa shape index (κ3) is 5.57. The van der Waals surface area contributed by atoms with Gasteiger partial charge in [0.05, 0.1) is 28.7 Å². The molecule has 3 aromatic rings. The molecule has 166 valence electrons. The molecule has 0 aliphatic carbocycles. The van der Waals surface area contributed by atoms with Crippen molar-refractivity contribution in [2.45, 2.75) is 0 Å². The Kier molecular flexibility index (Phi) is 6.99. The van der Waals surface area contributed by atoms with Gasteiger partial charge in [-0.3, -0.25) is 20.5 Å². The number of nitrogens with zero attached hydrogens (tertiary/aromatic N) is 4. The zero-order valence-electron chi connectivity index (χ0n) is 15.8. The second kappa shape index (κ2) is 9.86. The van der Waals surface area contributed by atoms with E-state index < -0.39 is 22.9 Å². The zero-order valence-corrected chi connectivity index (χ0v) is 16.6. The quantitative estimate of drug-likeness (QED) is 0.395. The molecule has 14 heteroatoms.